The molecule has 1 saturated heterocycles. The third kappa shape index (κ3) is 3.38. The second-order valence-corrected chi connectivity index (χ2v) is 7.25. The Bertz CT molecular complexity index is 907. The smallest absolute Gasteiger partial charge is 0.253 e. The number of rotatable bonds is 4. The Morgan fingerprint density at radius 3 is 2.61 bits per heavy atom. The molecular formula is C21H23N5O2. The zero-order valence-corrected chi connectivity index (χ0v) is 15.7. The number of benzene rings is 1. The fraction of sp³-hybridized carbons (Fsp3) is 0.429. The van der Waals surface area contributed by atoms with Crippen LogP contribution in [0.4, 0.5) is 0 Å². The number of aryl methyl sites for hydroxylation is 1. The molecule has 0 saturated carbocycles. The van der Waals surface area contributed by atoms with Gasteiger partial charge in [0.25, 0.3) is 5.91 Å². The molecule has 2 amide bonds. The molecule has 144 valence electrons. The van der Waals surface area contributed by atoms with E-state index >= 15 is 0 Å². The summed E-state index contributed by atoms with van der Waals surface area (Å²) in [5.41, 5.74) is 0.717. The maximum absolute atomic E-state index is 12.6. The van der Waals surface area contributed by atoms with E-state index in [-0.39, 0.29) is 30.3 Å². The molecule has 7 nitrogen and oxygen atoms in total. The molecule has 2 aliphatic heterocycles. The van der Waals surface area contributed by atoms with Crippen molar-refractivity contribution in [3.8, 4) is 12.3 Å². The van der Waals surface area contributed by atoms with E-state index < -0.39 is 0 Å². The zero-order chi connectivity index (χ0) is 19.5. The van der Waals surface area contributed by atoms with Gasteiger partial charge in [-0.05, 0) is 31.4 Å². The Morgan fingerprint density at radius 2 is 1.89 bits per heavy atom. The third-order valence-electron chi connectivity index (χ3n) is 5.58. The van der Waals surface area contributed by atoms with Crippen LogP contribution < -0.4 is 5.32 Å². The van der Waals surface area contributed by atoms with Crippen LogP contribution >= 0.6 is 0 Å². The summed E-state index contributed by atoms with van der Waals surface area (Å²) in [7, 11) is 0. The van der Waals surface area contributed by atoms with Crippen LogP contribution in [0.15, 0.2) is 30.3 Å². The first-order valence-corrected chi connectivity index (χ1v) is 9.68. The van der Waals surface area contributed by atoms with Crippen molar-refractivity contribution in [3.63, 3.8) is 0 Å². The van der Waals surface area contributed by atoms with Gasteiger partial charge in [-0.2, -0.15) is 0 Å². The lowest BCUT2D eigenvalue weighted by Crippen LogP contribution is -2.39. The van der Waals surface area contributed by atoms with Gasteiger partial charge in [-0.15, -0.1) is 16.6 Å². The first-order chi connectivity index (χ1) is 13.7. The van der Waals surface area contributed by atoms with Gasteiger partial charge in [-0.3, -0.25) is 9.59 Å². The summed E-state index contributed by atoms with van der Waals surface area (Å²) >= 11 is 0. The average Bonchev–Trinajstić information content (AvgIpc) is 3.34. The number of piperidine rings is 1. The van der Waals surface area contributed by atoms with Crippen molar-refractivity contribution in [2.24, 2.45) is 0 Å². The number of carbonyl (C=O) groups excluding carboxylic acids is 2. The number of fused-ring (bicyclic) bond motifs is 1. The Balaban J connectivity index is 1.44. The monoisotopic (exact) mass is 377 g/mol. The highest BCUT2D eigenvalue weighted by Gasteiger charge is 2.36. The third-order valence-corrected chi connectivity index (χ3v) is 5.58. The highest BCUT2D eigenvalue weighted by atomic mass is 16.2. The van der Waals surface area contributed by atoms with E-state index in [0.717, 1.165) is 42.9 Å². The van der Waals surface area contributed by atoms with Crippen LogP contribution in [0.3, 0.4) is 0 Å². The van der Waals surface area contributed by atoms with Gasteiger partial charge in [0.1, 0.15) is 17.7 Å². The van der Waals surface area contributed by atoms with Crippen molar-refractivity contribution in [2.45, 2.75) is 37.6 Å². The van der Waals surface area contributed by atoms with Gasteiger partial charge in [0.2, 0.25) is 5.91 Å². The molecular weight excluding hydrogens is 354 g/mol. The van der Waals surface area contributed by atoms with Crippen molar-refractivity contribution in [3.05, 3.63) is 47.5 Å². The van der Waals surface area contributed by atoms with E-state index in [1.807, 2.05) is 39.8 Å². The number of amides is 2. The summed E-state index contributed by atoms with van der Waals surface area (Å²) in [5, 5.41) is 11.5. The summed E-state index contributed by atoms with van der Waals surface area (Å²) < 4.78 is 1.99. The second kappa shape index (κ2) is 7.85. The molecule has 0 aliphatic carbocycles. The second-order valence-electron chi connectivity index (χ2n) is 7.25. The molecule has 0 radical (unpaired) electrons. The first kappa shape index (κ1) is 18.2. The quantitative estimate of drug-likeness (QED) is 0.820. The Morgan fingerprint density at radius 1 is 1.14 bits per heavy atom. The van der Waals surface area contributed by atoms with Crippen molar-refractivity contribution >= 4 is 11.8 Å². The van der Waals surface area contributed by atoms with Crippen molar-refractivity contribution < 1.29 is 9.59 Å². The van der Waals surface area contributed by atoms with E-state index in [1.54, 1.807) is 0 Å². The number of nitrogens with zero attached hydrogens (tertiary/aromatic N) is 4. The molecule has 1 unspecified atom stereocenters. The summed E-state index contributed by atoms with van der Waals surface area (Å²) in [5.74, 6) is 4.35. The van der Waals surface area contributed by atoms with Crippen LogP contribution in [-0.4, -0.2) is 51.1 Å². The van der Waals surface area contributed by atoms with Crippen LogP contribution in [0.25, 0.3) is 0 Å². The number of hydrogen-bond donors (Lipinski definition) is 1. The Hall–Kier alpha value is -3.14. The molecule has 2 aliphatic rings. The van der Waals surface area contributed by atoms with Gasteiger partial charge < -0.3 is 14.8 Å². The number of carbonyl (C=O) groups is 2. The van der Waals surface area contributed by atoms with Crippen molar-refractivity contribution in [1.82, 2.24) is 25.0 Å². The SMILES string of the molecule is C#CCNC(=O)C1CCc2nnc(C3CCN(C(=O)c4ccccc4)CC3)n21. The number of terminal acetylenes is 1. The maximum atomic E-state index is 12.6. The van der Waals surface area contributed by atoms with E-state index in [0.29, 0.717) is 13.1 Å². The number of hydrogen-bond acceptors (Lipinski definition) is 4. The van der Waals surface area contributed by atoms with E-state index in [1.165, 1.54) is 0 Å². The van der Waals surface area contributed by atoms with Gasteiger partial charge in [-0.1, -0.05) is 24.1 Å². The predicted octanol–water partition coefficient (Wildman–Crippen LogP) is 1.53. The Labute approximate surface area is 164 Å². The van der Waals surface area contributed by atoms with Crippen molar-refractivity contribution in [1.29, 1.82) is 0 Å². The molecule has 0 spiro atoms. The summed E-state index contributed by atoms with van der Waals surface area (Å²) in [4.78, 5) is 27.0. The number of likely N-dealkylation sites (tertiary alicyclic amines) is 1. The Kier molecular flexibility index (Phi) is 5.11. The molecule has 1 N–H and O–H groups in total. The van der Waals surface area contributed by atoms with Crippen LogP contribution in [-0.2, 0) is 11.2 Å². The number of aromatic nitrogens is 3. The van der Waals surface area contributed by atoms with Crippen LogP contribution in [0.5, 0.6) is 0 Å². The lowest BCUT2D eigenvalue weighted by Gasteiger charge is -2.32. The number of nitrogens with one attached hydrogen (secondary N) is 1. The van der Waals surface area contributed by atoms with Gasteiger partial charge in [0.15, 0.2) is 0 Å². The minimum absolute atomic E-state index is 0.0667. The van der Waals surface area contributed by atoms with Crippen LogP contribution in [0.2, 0.25) is 0 Å². The van der Waals surface area contributed by atoms with Crippen molar-refractivity contribution in [2.75, 3.05) is 19.6 Å². The van der Waals surface area contributed by atoms with Crippen LogP contribution in [0, 0.1) is 12.3 Å². The molecule has 0 bridgehead atoms. The minimum Gasteiger partial charge on any atom is -0.343 e. The highest BCUT2D eigenvalue weighted by molar-refractivity contribution is 5.94. The zero-order valence-electron chi connectivity index (χ0n) is 15.7. The molecule has 28 heavy (non-hydrogen) atoms. The molecule has 1 aromatic heterocycles. The van der Waals surface area contributed by atoms with E-state index in [2.05, 4.69) is 21.4 Å². The molecule has 3 heterocycles. The van der Waals surface area contributed by atoms with Gasteiger partial charge in [0, 0.05) is 31.0 Å². The summed E-state index contributed by atoms with van der Waals surface area (Å²) in [6, 6.07) is 9.07. The van der Waals surface area contributed by atoms with Gasteiger partial charge in [0.05, 0.1) is 6.54 Å². The normalized spacial score (nSPS) is 19.1. The van der Waals surface area contributed by atoms with E-state index in [4.69, 9.17) is 6.42 Å². The summed E-state index contributed by atoms with van der Waals surface area (Å²) in [6.45, 7) is 1.57. The molecule has 1 atom stereocenters. The molecule has 7 heteroatoms. The fourth-order valence-corrected chi connectivity index (χ4v) is 4.13. The van der Waals surface area contributed by atoms with E-state index in [9.17, 15) is 9.59 Å². The maximum Gasteiger partial charge on any atom is 0.253 e. The molecule has 4 rings (SSSR count). The topological polar surface area (TPSA) is 80.1 Å². The van der Waals surface area contributed by atoms with Crippen LogP contribution in [0.1, 0.15) is 53.2 Å². The molecule has 1 aromatic carbocycles. The van der Waals surface area contributed by atoms with Gasteiger partial charge in [-0.25, -0.2) is 0 Å². The predicted molar refractivity (Wildman–Crippen MR) is 104 cm³/mol. The fourth-order valence-electron chi connectivity index (χ4n) is 4.13. The first-order valence-electron chi connectivity index (χ1n) is 9.68. The highest BCUT2D eigenvalue weighted by Crippen LogP contribution is 2.34. The molecule has 1 fully saturated rings. The largest absolute Gasteiger partial charge is 0.343 e. The minimum atomic E-state index is -0.294. The standard InChI is InChI=1S/C21H23N5O2/c1-2-12-22-20(27)17-8-9-18-23-24-19(26(17)18)15-10-13-25(14-11-15)21(28)16-6-4-3-5-7-16/h1,3-7,15,17H,8-14H2,(H,22,27). The average molecular weight is 377 g/mol. The lowest BCUT2D eigenvalue weighted by atomic mass is 9.95. The van der Waals surface area contributed by atoms with Gasteiger partial charge >= 0.3 is 0 Å². The summed E-state index contributed by atoms with van der Waals surface area (Å²) in [6.07, 6.45) is 8.34. The molecule has 2 aromatic rings. The lowest BCUT2D eigenvalue weighted by molar-refractivity contribution is -0.123.